The second kappa shape index (κ2) is 7.81. The fraction of sp³-hybridized carbons (Fsp3) is 0.421. The Kier molecular flexibility index (Phi) is 5.25. The molecule has 0 unspecified atom stereocenters. The number of benzene rings is 1. The number of anilines is 1. The van der Waals surface area contributed by atoms with Gasteiger partial charge in [0.05, 0.1) is 11.9 Å². The first-order valence-corrected chi connectivity index (χ1v) is 12.5. The van der Waals surface area contributed by atoms with Gasteiger partial charge in [0.15, 0.2) is 17.0 Å². The maximum atomic E-state index is 13.9. The first kappa shape index (κ1) is 20.8. The molecule has 3 heterocycles. The molecule has 0 saturated heterocycles. The number of fused-ring (bicyclic) bond motifs is 2. The summed E-state index contributed by atoms with van der Waals surface area (Å²) in [5, 5.41) is -0.310. The van der Waals surface area contributed by atoms with Crippen LogP contribution in [-0.2, 0) is 29.4 Å². The van der Waals surface area contributed by atoms with E-state index < -0.39 is 16.1 Å². The van der Waals surface area contributed by atoms with Crippen LogP contribution in [0, 0.1) is 9.65 Å². The third-order valence-corrected chi connectivity index (χ3v) is 8.44. The highest BCUT2D eigenvalue weighted by molar-refractivity contribution is 14.1. The lowest BCUT2D eigenvalue weighted by Gasteiger charge is -2.12. The molecule has 31 heavy (non-hydrogen) atoms. The number of sulfonamides is 1. The minimum atomic E-state index is -3.33. The van der Waals surface area contributed by atoms with Gasteiger partial charge in [0.2, 0.25) is 10.0 Å². The molecule has 1 aliphatic heterocycles. The molecule has 0 spiro atoms. The number of ether oxygens (including phenoxy) is 1. The van der Waals surface area contributed by atoms with Gasteiger partial charge in [-0.1, -0.05) is 0 Å². The summed E-state index contributed by atoms with van der Waals surface area (Å²) in [6.07, 6.45) is 1.74. The van der Waals surface area contributed by atoms with Crippen LogP contribution in [0.2, 0.25) is 0 Å². The van der Waals surface area contributed by atoms with Crippen LogP contribution in [0.15, 0.2) is 12.1 Å². The minimum Gasteiger partial charge on any atom is -0.493 e. The van der Waals surface area contributed by atoms with Crippen molar-refractivity contribution in [1.29, 1.82) is 0 Å². The Bertz CT molecular complexity index is 1290. The van der Waals surface area contributed by atoms with Gasteiger partial charge in [0.25, 0.3) is 0 Å². The second-order valence-corrected chi connectivity index (χ2v) is 10.9. The maximum absolute atomic E-state index is 13.9. The summed E-state index contributed by atoms with van der Waals surface area (Å²) in [7, 11) is -3.33. The number of nitrogens with zero attached hydrogens (tertiary/aromatic N) is 4. The normalized spacial score (nSPS) is 15.9. The van der Waals surface area contributed by atoms with Crippen molar-refractivity contribution in [3.8, 4) is 5.75 Å². The van der Waals surface area contributed by atoms with E-state index in [0.717, 1.165) is 21.3 Å². The summed E-state index contributed by atoms with van der Waals surface area (Å²) in [6.45, 7) is 1.05. The summed E-state index contributed by atoms with van der Waals surface area (Å²) < 4.78 is 49.3. The van der Waals surface area contributed by atoms with Gasteiger partial charge in [0, 0.05) is 29.5 Å². The average molecular weight is 558 g/mol. The van der Waals surface area contributed by atoms with Crippen molar-refractivity contribution in [2.45, 2.75) is 37.5 Å². The van der Waals surface area contributed by atoms with Gasteiger partial charge in [-0.25, -0.2) is 18.1 Å². The van der Waals surface area contributed by atoms with Crippen LogP contribution in [0.3, 0.4) is 0 Å². The Labute approximate surface area is 191 Å². The molecular formula is C19H20FIN6O3S. The van der Waals surface area contributed by atoms with Gasteiger partial charge in [-0.2, -0.15) is 14.4 Å². The average Bonchev–Trinajstić information content (AvgIpc) is 3.40. The molecule has 0 amide bonds. The fourth-order valence-electron chi connectivity index (χ4n) is 3.75. The number of aromatic nitrogens is 4. The van der Waals surface area contributed by atoms with Gasteiger partial charge in [0.1, 0.15) is 11.6 Å². The lowest BCUT2D eigenvalue weighted by Crippen LogP contribution is -2.30. The van der Waals surface area contributed by atoms with Crippen molar-refractivity contribution in [3.63, 3.8) is 0 Å². The number of rotatable bonds is 7. The molecule has 1 aliphatic carbocycles. The fourth-order valence-corrected chi connectivity index (χ4v) is 5.84. The number of nitrogen functional groups attached to an aromatic ring is 1. The molecule has 1 saturated carbocycles. The Morgan fingerprint density at radius 3 is 2.87 bits per heavy atom. The molecule has 0 bridgehead atoms. The highest BCUT2D eigenvalue weighted by Crippen LogP contribution is 2.31. The number of halogens is 2. The quantitative estimate of drug-likeness (QED) is 0.335. The molecule has 3 N–H and O–H groups in total. The van der Waals surface area contributed by atoms with Gasteiger partial charge < -0.3 is 15.0 Å². The predicted molar refractivity (Wildman–Crippen MR) is 121 cm³/mol. The molecule has 5 rings (SSSR count). The number of imidazole rings is 1. The Morgan fingerprint density at radius 2 is 2.10 bits per heavy atom. The van der Waals surface area contributed by atoms with Crippen LogP contribution in [-0.4, -0.2) is 46.3 Å². The van der Waals surface area contributed by atoms with Gasteiger partial charge in [-0.15, -0.1) is 0 Å². The molecule has 3 aromatic rings. The summed E-state index contributed by atoms with van der Waals surface area (Å²) in [4.78, 5) is 12.0. The number of hydrogen-bond donors (Lipinski definition) is 2. The van der Waals surface area contributed by atoms with E-state index in [1.165, 1.54) is 5.56 Å². The largest absolute Gasteiger partial charge is 0.493 e. The van der Waals surface area contributed by atoms with Crippen molar-refractivity contribution in [3.05, 3.63) is 38.7 Å². The van der Waals surface area contributed by atoms with E-state index in [4.69, 9.17) is 10.5 Å². The van der Waals surface area contributed by atoms with E-state index in [9.17, 15) is 12.8 Å². The summed E-state index contributed by atoms with van der Waals surface area (Å²) >= 11 is 2.28. The topological polar surface area (TPSA) is 125 Å². The van der Waals surface area contributed by atoms with Gasteiger partial charge >= 0.3 is 6.08 Å². The Balaban J connectivity index is 1.49. The summed E-state index contributed by atoms with van der Waals surface area (Å²) in [5.74, 6) is 1.41. The van der Waals surface area contributed by atoms with E-state index in [1.807, 2.05) is 6.07 Å². The first-order valence-electron chi connectivity index (χ1n) is 9.92. The van der Waals surface area contributed by atoms with Crippen molar-refractivity contribution < 1.29 is 17.5 Å². The zero-order chi connectivity index (χ0) is 21.8. The van der Waals surface area contributed by atoms with E-state index in [2.05, 4.69) is 48.3 Å². The van der Waals surface area contributed by atoms with Crippen LogP contribution in [0.5, 0.6) is 5.75 Å². The van der Waals surface area contributed by atoms with Crippen LogP contribution in [0.25, 0.3) is 11.2 Å². The third-order valence-electron chi connectivity index (χ3n) is 5.48. The zero-order valence-corrected chi connectivity index (χ0v) is 19.4. The van der Waals surface area contributed by atoms with E-state index in [-0.39, 0.29) is 29.8 Å². The second-order valence-electron chi connectivity index (χ2n) is 7.70. The third kappa shape index (κ3) is 4.07. The Morgan fingerprint density at radius 1 is 1.29 bits per heavy atom. The van der Waals surface area contributed by atoms with Crippen LogP contribution < -0.4 is 15.2 Å². The number of hydrogen-bond acceptors (Lipinski definition) is 7. The highest BCUT2D eigenvalue weighted by atomic mass is 127. The van der Waals surface area contributed by atoms with Crippen LogP contribution in [0.4, 0.5) is 10.2 Å². The van der Waals surface area contributed by atoms with Gasteiger partial charge in [-0.3, -0.25) is 0 Å². The lowest BCUT2D eigenvalue weighted by molar-refractivity contribution is 0.356. The molecular weight excluding hydrogens is 538 g/mol. The van der Waals surface area contributed by atoms with Crippen LogP contribution in [0.1, 0.15) is 29.8 Å². The molecule has 12 heteroatoms. The molecule has 2 aromatic heterocycles. The van der Waals surface area contributed by atoms with Crippen LogP contribution >= 0.6 is 22.6 Å². The zero-order valence-electron chi connectivity index (χ0n) is 16.4. The maximum Gasteiger partial charge on any atom is 0.312 e. The minimum absolute atomic E-state index is 0.0481. The summed E-state index contributed by atoms with van der Waals surface area (Å²) in [6, 6.07) is 4.10. The van der Waals surface area contributed by atoms with Gasteiger partial charge in [-0.05, 0) is 58.7 Å². The molecule has 0 radical (unpaired) electrons. The van der Waals surface area contributed by atoms with E-state index >= 15 is 0 Å². The SMILES string of the molecule is Nc1nc(F)nc2c1nc(Cc1cc3c(cc1I)CCO3)n2CCNS(=O)(=O)C1CC1. The predicted octanol–water partition coefficient (Wildman–Crippen LogP) is 1.76. The standard InChI is InChI=1S/C19H20FIN6O3S/c20-19-25-17(22)16-18(26-19)27(5-4-23-31(28,29)12-1-2-12)15(24-16)9-11-8-14-10(3-6-30-14)7-13(11)21/h7-8,12,23H,1-6,9H2,(H2,22,25,26). The van der Waals surface area contributed by atoms with Crippen molar-refractivity contribution >= 4 is 49.6 Å². The number of nitrogens with one attached hydrogen (secondary N) is 1. The first-order chi connectivity index (χ1) is 14.8. The molecule has 164 valence electrons. The van der Waals surface area contributed by atoms with E-state index in [0.29, 0.717) is 37.2 Å². The summed E-state index contributed by atoms with van der Waals surface area (Å²) in [5.41, 5.74) is 8.61. The van der Waals surface area contributed by atoms with Crippen molar-refractivity contribution in [2.75, 3.05) is 18.9 Å². The molecule has 9 nitrogen and oxygen atoms in total. The monoisotopic (exact) mass is 558 g/mol. The highest BCUT2D eigenvalue weighted by Gasteiger charge is 2.35. The van der Waals surface area contributed by atoms with Crippen molar-refractivity contribution in [1.82, 2.24) is 24.2 Å². The number of nitrogens with two attached hydrogens (primary N) is 1. The lowest BCUT2D eigenvalue weighted by atomic mass is 10.1. The van der Waals surface area contributed by atoms with Crippen molar-refractivity contribution in [2.24, 2.45) is 0 Å². The smallest absolute Gasteiger partial charge is 0.312 e. The molecule has 1 fully saturated rings. The molecule has 0 atom stereocenters. The molecule has 2 aliphatic rings. The van der Waals surface area contributed by atoms with E-state index in [1.54, 1.807) is 4.57 Å². The molecule has 1 aromatic carbocycles. The Hall–Kier alpha value is -2.06.